The summed E-state index contributed by atoms with van der Waals surface area (Å²) in [7, 11) is 1.50. The zero-order valence-corrected chi connectivity index (χ0v) is 11.1. The summed E-state index contributed by atoms with van der Waals surface area (Å²) < 4.78 is 1.27. The largest absolute Gasteiger partial charge is 0.358 e. The lowest BCUT2D eigenvalue weighted by atomic mass is 10.4. The molecule has 1 heterocycles. The molecular weight excluding hydrogens is 260 g/mol. The zero-order chi connectivity index (χ0) is 12.8. The maximum atomic E-state index is 11.7. The SMILES string of the molecule is CCNCCNC(=O)c1ccc([N+](=O)[O-])n1C.Cl. The third kappa shape index (κ3) is 4.01. The third-order valence-electron chi connectivity index (χ3n) is 2.35. The van der Waals surface area contributed by atoms with Gasteiger partial charge in [0.1, 0.15) is 0 Å². The smallest absolute Gasteiger partial charge is 0.323 e. The van der Waals surface area contributed by atoms with Crippen molar-refractivity contribution in [3.8, 4) is 0 Å². The van der Waals surface area contributed by atoms with Crippen LogP contribution in [0.25, 0.3) is 0 Å². The number of halogens is 1. The summed E-state index contributed by atoms with van der Waals surface area (Å²) in [6.07, 6.45) is 0. The molecule has 0 saturated carbocycles. The summed E-state index contributed by atoms with van der Waals surface area (Å²) in [6, 6.07) is 2.76. The number of hydrogen-bond donors (Lipinski definition) is 2. The van der Waals surface area contributed by atoms with Gasteiger partial charge in [-0.3, -0.25) is 4.79 Å². The number of nitrogens with one attached hydrogen (secondary N) is 2. The summed E-state index contributed by atoms with van der Waals surface area (Å²) >= 11 is 0. The Morgan fingerprint density at radius 3 is 2.61 bits per heavy atom. The van der Waals surface area contributed by atoms with Gasteiger partial charge in [-0.25, -0.2) is 4.57 Å². The van der Waals surface area contributed by atoms with Crippen LogP contribution < -0.4 is 10.6 Å². The van der Waals surface area contributed by atoms with Gasteiger partial charge in [-0.05, 0) is 17.5 Å². The first-order chi connectivity index (χ1) is 8.07. The van der Waals surface area contributed by atoms with Crippen LogP contribution in [0.15, 0.2) is 12.1 Å². The van der Waals surface area contributed by atoms with E-state index in [0.717, 1.165) is 6.54 Å². The number of rotatable bonds is 6. The molecule has 8 heteroatoms. The molecule has 0 unspecified atom stereocenters. The molecule has 0 radical (unpaired) electrons. The van der Waals surface area contributed by atoms with E-state index in [2.05, 4.69) is 10.6 Å². The Kier molecular flexibility index (Phi) is 6.99. The molecule has 1 aromatic rings. The molecule has 0 saturated heterocycles. The molecule has 0 aromatic carbocycles. The maximum absolute atomic E-state index is 11.7. The van der Waals surface area contributed by atoms with E-state index < -0.39 is 4.92 Å². The van der Waals surface area contributed by atoms with Crippen LogP contribution in [-0.4, -0.2) is 35.0 Å². The molecule has 0 aliphatic heterocycles. The van der Waals surface area contributed by atoms with E-state index in [1.54, 1.807) is 0 Å². The monoisotopic (exact) mass is 276 g/mol. The molecule has 1 rings (SSSR count). The number of aromatic nitrogens is 1. The quantitative estimate of drug-likeness (QED) is 0.455. The van der Waals surface area contributed by atoms with Crippen molar-refractivity contribution in [3.05, 3.63) is 27.9 Å². The van der Waals surface area contributed by atoms with Crippen LogP contribution in [0.4, 0.5) is 5.82 Å². The Hall–Kier alpha value is -1.60. The highest BCUT2D eigenvalue weighted by molar-refractivity contribution is 5.93. The second kappa shape index (κ2) is 7.67. The van der Waals surface area contributed by atoms with Crippen LogP contribution in [0.1, 0.15) is 17.4 Å². The van der Waals surface area contributed by atoms with Gasteiger partial charge in [0.25, 0.3) is 5.91 Å². The highest BCUT2D eigenvalue weighted by Crippen LogP contribution is 2.14. The molecule has 2 N–H and O–H groups in total. The van der Waals surface area contributed by atoms with Gasteiger partial charge in [-0.15, -0.1) is 12.4 Å². The molecule has 7 nitrogen and oxygen atoms in total. The summed E-state index contributed by atoms with van der Waals surface area (Å²) in [5, 5.41) is 16.3. The Bertz CT molecular complexity index is 419. The lowest BCUT2D eigenvalue weighted by Gasteiger charge is -2.04. The molecule has 0 fully saturated rings. The first kappa shape index (κ1) is 16.4. The molecule has 18 heavy (non-hydrogen) atoms. The normalized spacial score (nSPS) is 9.67. The van der Waals surface area contributed by atoms with Crippen molar-refractivity contribution in [1.82, 2.24) is 15.2 Å². The number of carbonyl (C=O) groups is 1. The Labute approximate surface area is 111 Å². The number of likely N-dealkylation sites (N-methyl/N-ethyl adjacent to an activating group) is 1. The highest BCUT2D eigenvalue weighted by atomic mass is 35.5. The van der Waals surface area contributed by atoms with E-state index in [1.807, 2.05) is 6.92 Å². The molecule has 1 aromatic heterocycles. The van der Waals surface area contributed by atoms with Gasteiger partial charge < -0.3 is 20.7 Å². The minimum atomic E-state index is -0.518. The van der Waals surface area contributed by atoms with Crippen LogP contribution in [0.3, 0.4) is 0 Å². The number of hydrogen-bond acceptors (Lipinski definition) is 4. The second-order valence-electron chi connectivity index (χ2n) is 3.50. The topological polar surface area (TPSA) is 89.2 Å². The number of nitrogens with zero attached hydrogens (tertiary/aromatic N) is 2. The second-order valence-corrected chi connectivity index (χ2v) is 3.50. The standard InChI is InChI=1S/C10H16N4O3.ClH/c1-3-11-6-7-12-10(15)8-4-5-9(13(8)2)14(16)17;/h4-5,11H,3,6-7H2,1-2H3,(H,12,15);1H. The van der Waals surface area contributed by atoms with E-state index in [4.69, 9.17) is 0 Å². The van der Waals surface area contributed by atoms with E-state index in [9.17, 15) is 14.9 Å². The van der Waals surface area contributed by atoms with Gasteiger partial charge in [0, 0.05) is 19.2 Å². The van der Waals surface area contributed by atoms with Crippen molar-refractivity contribution in [2.75, 3.05) is 19.6 Å². The fraction of sp³-hybridized carbons (Fsp3) is 0.500. The fourth-order valence-corrected chi connectivity index (χ4v) is 1.44. The zero-order valence-electron chi connectivity index (χ0n) is 10.3. The van der Waals surface area contributed by atoms with Crippen molar-refractivity contribution >= 4 is 24.1 Å². The summed E-state index contributed by atoms with van der Waals surface area (Å²) in [6.45, 7) is 3.98. The predicted molar refractivity (Wildman–Crippen MR) is 70.2 cm³/mol. The Morgan fingerprint density at radius 2 is 2.11 bits per heavy atom. The van der Waals surface area contributed by atoms with Crippen LogP contribution in [0, 0.1) is 10.1 Å². The summed E-state index contributed by atoms with van der Waals surface area (Å²) in [5.74, 6) is -0.402. The van der Waals surface area contributed by atoms with Crippen molar-refractivity contribution in [3.63, 3.8) is 0 Å². The summed E-state index contributed by atoms with van der Waals surface area (Å²) in [5.41, 5.74) is 0.285. The van der Waals surface area contributed by atoms with Gasteiger partial charge in [0.05, 0.1) is 7.05 Å². The third-order valence-corrected chi connectivity index (χ3v) is 2.35. The molecule has 1 amide bonds. The average Bonchev–Trinajstić information content (AvgIpc) is 2.66. The predicted octanol–water partition coefficient (Wildman–Crippen LogP) is 0.694. The molecule has 0 aliphatic rings. The first-order valence-electron chi connectivity index (χ1n) is 5.37. The van der Waals surface area contributed by atoms with Crippen molar-refractivity contribution in [2.24, 2.45) is 7.05 Å². The van der Waals surface area contributed by atoms with E-state index in [1.165, 1.54) is 23.7 Å². The lowest BCUT2D eigenvalue weighted by molar-refractivity contribution is -0.391. The molecule has 0 atom stereocenters. The fourth-order valence-electron chi connectivity index (χ4n) is 1.44. The van der Waals surface area contributed by atoms with Gasteiger partial charge in [0.15, 0.2) is 5.69 Å². The molecule has 102 valence electrons. The molecule has 0 spiro atoms. The number of carbonyl (C=O) groups excluding carboxylic acids is 1. The van der Waals surface area contributed by atoms with Crippen LogP contribution >= 0.6 is 12.4 Å². The van der Waals surface area contributed by atoms with Gasteiger partial charge in [-0.1, -0.05) is 6.92 Å². The van der Waals surface area contributed by atoms with Crippen LogP contribution in [0.2, 0.25) is 0 Å². The van der Waals surface area contributed by atoms with Crippen LogP contribution in [0.5, 0.6) is 0 Å². The van der Waals surface area contributed by atoms with Gasteiger partial charge in [0.2, 0.25) is 0 Å². The van der Waals surface area contributed by atoms with Gasteiger partial charge in [-0.2, -0.15) is 0 Å². The van der Waals surface area contributed by atoms with Crippen LogP contribution in [-0.2, 0) is 7.05 Å². The maximum Gasteiger partial charge on any atom is 0.323 e. The van der Waals surface area contributed by atoms with E-state index >= 15 is 0 Å². The van der Waals surface area contributed by atoms with E-state index in [-0.39, 0.29) is 29.8 Å². The van der Waals surface area contributed by atoms with Crippen molar-refractivity contribution < 1.29 is 9.72 Å². The first-order valence-corrected chi connectivity index (χ1v) is 5.37. The van der Waals surface area contributed by atoms with Crippen molar-refractivity contribution in [2.45, 2.75) is 6.92 Å². The summed E-state index contributed by atoms with van der Waals surface area (Å²) in [4.78, 5) is 21.8. The average molecular weight is 277 g/mol. The Morgan fingerprint density at radius 1 is 1.44 bits per heavy atom. The Balaban J connectivity index is 0.00000289. The molecular formula is C10H17ClN4O3. The lowest BCUT2D eigenvalue weighted by Crippen LogP contribution is -2.32. The molecule has 0 bridgehead atoms. The minimum absolute atomic E-state index is 0. The number of nitro groups is 1. The van der Waals surface area contributed by atoms with Gasteiger partial charge >= 0.3 is 5.82 Å². The minimum Gasteiger partial charge on any atom is -0.358 e. The molecule has 0 aliphatic carbocycles. The van der Waals surface area contributed by atoms with E-state index in [0.29, 0.717) is 13.1 Å². The van der Waals surface area contributed by atoms with Crippen molar-refractivity contribution in [1.29, 1.82) is 0 Å². The number of amides is 1. The highest BCUT2D eigenvalue weighted by Gasteiger charge is 2.19.